The van der Waals surface area contributed by atoms with E-state index in [0.717, 1.165) is 23.5 Å². The van der Waals surface area contributed by atoms with Gasteiger partial charge < -0.3 is 9.47 Å². The minimum atomic E-state index is 0.317. The van der Waals surface area contributed by atoms with Crippen LogP contribution in [0.2, 0.25) is 0 Å². The third-order valence-electron chi connectivity index (χ3n) is 4.73. The summed E-state index contributed by atoms with van der Waals surface area (Å²) in [7, 11) is 1.64. The average molecular weight is 382 g/mol. The van der Waals surface area contributed by atoms with E-state index in [4.69, 9.17) is 9.47 Å². The maximum Gasteiger partial charge on any atom is 0.193 e. The quantitative estimate of drug-likeness (QED) is 0.643. The predicted molar refractivity (Wildman–Crippen MR) is 105 cm³/mol. The summed E-state index contributed by atoms with van der Waals surface area (Å²) in [5.74, 6) is 3.12. The maximum atomic E-state index is 5.94. The minimum absolute atomic E-state index is 0.317. The van der Waals surface area contributed by atoms with Gasteiger partial charge in [0.15, 0.2) is 22.5 Å². The van der Waals surface area contributed by atoms with Crippen LogP contribution in [0.3, 0.4) is 0 Å². The molecule has 0 aliphatic carbocycles. The van der Waals surface area contributed by atoms with Crippen LogP contribution in [0.1, 0.15) is 24.4 Å². The Balaban J connectivity index is 1.48. The van der Waals surface area contributed by atoms with Crippen molar-refractivity contribution in [1.82, 2.24) is 19.7 Å². The third-order valence-corrected chi connectivity index (χ3v) is 5.75. The number of benzene rings is 2. The molecule has 0 fully saturated rings. The molecule has 0 amide bonds. The molecule has 0 radical (unpaired) electrons. The van der Waals surface area contributed by atoms with Gasteiger partial charge in [0, 0.05) is 6.04 Å². The molecule has 1 atom stereocenters. The molecular weight excluding hydrogens is 360 g/mol. The smallest absolute Gasteiger partial charge is 0.193 e. The number of hydrogen-bond donors (Lipinski definition) is 0. The molecule has 0 saturated heterocycles. The molecule has 1 aliphatic heterocycles. The van der Waals surface area contributed by atoms with Crippen LogP contribution in [0.15, 0.2) is 59.8 Å². The number of ether oxygens (including phenoxy) is 2. The van der Waals surface area contributed by atoms with Crippen molar-refractivity contribution in [3.63, 3.8) is 0 Å². The first-order valence-corrected chi connectivity index (χ1v) is 9.84. The summed E-state index contributed by atoms with van der Waals surface area (Å²) in [6, 6.07) is 18.5. The molecule has 0 saturated carbocycles. The summed E-state index contributed by atoms with van der Waals surface area (Å²) in [6.45, 7) is 3.33. The normalized spacial score (nSPS) is 15.2. The van der Waals surface area contributed by atoms with Gasteiger partial charge in [-0.3, -0.25) is 9.47 Å². The Labute approximate surface area is 163 Å². The highest BCUT2D eigenvalue weighted by molar-refractivity contribution is 7.99. The number of rotatable bonds is 6. The number of thioether (sulfide) groups is 1. The second-order valence-electron chi connectivity index (χ2n) is 6.36. The summed E-state index contributed by atoms with van der Waals surface area (Å²) in [5, 5.41) is 9.59. The lowest BCUT2D eigenvalue weighted by Gasteiger charge is -2.33. The van der Waals surface area contributed by atoms with E-state index >= 15 is 0 Å². The zero-order valence-electron chi connectivity index (χ0n) is 15.4. The molecule has 4 rings (SSSR count). The van der Waals surface area contributed by atoms with Crippen molar-refractivity contribution in [2.24, 2.45) is 0 Å². The SMILES string of the molecule is COc1ccccc1OCc1nnc2n1CN([C@@H](C)c1ccccc1)CS2. The molecule has 140 valence electrons. The molecule has 0 N–H and O–H groups in total. The molecule has 2 aromatic carbocycles. The molecule has 0 spiro atoms. The van der Waals surface area contributed by atoms with Gasteiger partial charge in [0.05, 0.1) is 19.7 Å². The highest BCUT2D eigenvalue weighted by atomic mass is 32.2. The van der Waals surface area contributed by atoms with Gasteiger partial charge in [0.1, 0.15) is 6.61 Å². The van der Waals surface area contributed by atoms with Crippen LogP contribution in [0.5, 0.6) is 11.5 Å². The van der Waals surface area contributed by atoms with E-state index in [-0.39, 0.29) is 0 Å². The second kappa shape index (κ2) is 8.02. The Morgan fingerprint density at radius 2 is 1.78 bits per heavy atom. The van der Waals surface area contributed by atoms with Crippen LogP contribution in [0.25, 0.3) is 0 Å². The first-order chi connectivity index (χ1) is 13.3. The van der Waals surface area contributed by atoms with Gasteiger partial charge in [0.2, 0.25) is 0 Å². The zero-order chi connectivity index (χ0) is 18.6. The lowest BCUT2D eigenvalue weighted by atomic mass is 10.1. The summed E-state index contributed by atoms with van der Waals surface area (Å²) in [5.41, 5.74) is 1.31. The van der Waals surface area contributed by atoms with E-state index in [9.17, 15) is 0 Å². The van der Waals surface area contributed by atoms with Gasteiger partial charge in [-0.25, -0.2) is 0 Å². The fraction of sp³-hybridized carbons (Fsp3) is 0.300. The van der Waals surface area contributed by atoms with Crippen LogP contribution in [0.4, 0.5) is 0 Å². The Morgan fingerprint density at radius 3 is 2.56 bits per heavy atom. The fourth-order valence-electron chi connectivity index (χ4n) is 3.09. The number of para-hydroxylation sites is 2. The number of hydrogen-bond acceptors (Lipinski definition) is 6. The number of fused-ring (bicyclic) bond motifs is 1. The molecule has 7 heteroatoms. The fourth-order valence-corrected chi connectivity index (χ4v) is 4.10. The van der Waals surface area contributed by atoms with Crippen LogP contribution in [0, 0.1) is 0 Å². The van der Waals surface area contributed by atoms with Gasteiger partial charge in [-0.15, -0.1) is 10.2 Å². The van der Waals surface area contributed by atoms with E-state index in [2.05, 4.69) is 50.9 Å². The van der Waals surface area contributed by atoms with Gasteiger partial charge in [0.25, 0.3) is 0 Å². The van der Waals surface area contributed by atoms with Crippen molar-refractivity contribution < 1.29 is 9.47 Å². The lowest BCUT2D eigenvalue weighted by Crippen LogP contribution is -2.33. The molecule has 2 heterocycles. The average Bonchev–Trinajstić information content (AvgIpc) is 3.14. The lowest BCUT2D eigenvalue weighted by molar-refractivity contribution is 0.171. The molecule has 0 unspecified atom stereocenters. The standard InChI is InChI=1S/C20H22N4O2S/c1-15(16-8-4-3-5-9-16)23-13-24-19(21-22-20(24)27-14-23)12-26-18-11-7-6-10-17(18)25-2/h3-11,15H,12-14H2,1-2H3/t15-/m0/s1. The molecule has 27 heavy (non-hydrogen) atoms. The van der Waals surface area contributed by atoms with Crippen molar-refractivity contribution in [1.29, 1.82) is 0 Å². The first kappa shape index (κ1) is 17.9. The van der Waals surface area contributed by atoms with Crippen LogP contribution in [-0.2, 0) is 13.3 Å². The van der Waals surface area contributed by atoms with Gasteiger partial charge >= 0.3 is 0 Å². The zero-order valence-corrected chi connectivity index (χ0v) is 16.2. The first-order valence-electron chi connectivity index (χ1n) is 8.86. The molecule has 1 aromatic heterocycles. The summed E-state index contributed by atoms with van der Waals surface area (Å²) < 4.78 is 13.4. The predicted octanol–water partition coefficient (Wildman–Crippen LogP) is 3.95. The Bertz CT molecular complexity index is 900. The third kappa shape index (κ3) is 3.79. The number of aromatic nitrogens is 3. The van der Waals surface area contributed by atoms with Crippen molar-refractivity contribution in [3.8, 4) is 11.5 Å². The van der Waals surface area contributed by atoms with E-state index < -0.39 is 0 Å². The molecule has 3 aromatic rings. The number of nitrogens with zero attached hydrogens (tertiary/aromatic N) is 4. The Kier molecular flexibility index (Phi) is 5.31. The van der Waals surface area contributed by atoms with Gasteiger partial charge in [-0.1, -0.05) is 54.2 Å². The monoisotopic (exact) mass is 382 g/mol. The Morgan fingerprint density at radius 1 is 1.04 bits per heavy atom. The van der Waals surface area contributed by atoms with Crippen LogP contribution < -0.4 is 9.47 Å². The van der Waals surface area contributed by atoms with E-state index in [1.165, 1.54) is 5.56 Å². The summed E-state index contributed by atoms with van der Waals surface area (Å²) in [4.78, 5) is 2.41. The summed E-state index contributed by atoms with van der Waals surface area (Å²) >= 11 is 1.70. The maximum absolute atomic E-state index is 5.94. The minimum Gasteiger partial charge on any atom is -0.493 e. The molecule has 6 nitrogen and oxygen atoms in total. The highest BCUT2D eigenvalue weighted by Gasteiger charge is 2.25. The van der Waals surface area contributed by atoms with E-state index in [1.54, 1.807) is 18.9 Å². The van der Waals surface area contributed by atoms with E-state index in [0.29, 0.717) is 24.1 Å². The van der Waals surface area contributed by atoms with Crippen molar-refractivity contribution in [3.05, 3.63) is 66.0 Å². The second-order valence-corrected chi connectivity index (χ2v) is 7.27. The van der Waals surface area contributed by atoms with E-state index in [1.807, 2.05) is 30.3 Å². The summed E-state index contributed by atoms with van der Waals surface area (Å²) in [6.07, 6.45) is 0. The molecular formula is C20H22N4O2S. The van der Waals surface area contributed by atoms with Crippen molar-refractivity contribution >= 4 is 11.8 Å². The van der Waals surface area contributed by atoms with Gasteiger partial charge in [-0.2, -0.15) is 0 Å². The van der Waals surface area contributed by atoms with Crippen molar-refractivity contribution in [2.45, 2.75) is 31.4 Å². The van der Waals surface area contributed by atoms with Crippen molar-refractivity contribution in [2.75, 3.05) is 13.0 Å². The topological polar surface area (TPSA) is 52.4 Å². The highest BCUT2D eigenvalue weighted by Crippen LogP contribution is 2.32. The van der Waals surface area contributed by atoms with Gasteiger partial charge in [-0.05, 0) is 24.6 Å². The molecule has 0 bridgehead atoms. The number of methoxy groups -OCH3 is 1. The van der Waals surface area contributed by atoms with Crippen LogP contribution in [-0.4, -0.2) is 32.7 Å². The van der Waals surface area contributed by atoms with Crippen LogP contribution >= 0.6 is 11.8 Å². The Hall–Kier alpha value is -2.51. The molecule has 1 aliphatic rings. The largest absolute Gasteiger partial charge is 0.493 e.